The molecule has 0 aliphatic carbocycles. The maximum absolute atomic E-state index is 9.07. The number of aliphatic hydroxyl groups excluding tert-OH is 1. The quantitative estimate of drug-likeness (QED) is 0.313. The summed E-state index contributed by atoms with van der Waals surface area (Å²) in [7, 11) is 0. The van der Waals surface area contributed by atoms with Gasteiger partial charge in [-0.2, -0.15) is 10.1 Å². The second-order valence-electron chi connectivity index (χ2n) is 8.19. The molecule has 4 aromatic rings. The zero-order valence-electron chi connectivity index (χ0n) is 19.0. The Kier molecular flexibility index (Phi) is 6.73. The van der Waals surface area contributed by atoms with Crippen LogP contribution in [0.2, 0.25) is 0 Å². The minimum Gasteiger partial charge on any atom is -0.367 e. The number of aromatic nitrogens is 7. The summed E-state index contributed by atoms with van der Waals surface area (Å²) in [6, 6.07) is 10.3. The zero-order valence-corrected chi connectivity index (χ0v) is 19.0. The van der Waals surface area contributed by atoms with E-state index in [9.17, 15) is 0 Å². The Bertz CT molecular complexity index is 1220. The highest BCUT2D eigenvalue weighted by molar-refractivity contribution is 5.51. The van der Waals surface area contributed by atoms with Gasteiger partial charge < -0.3 is 25.3 Å². The van der Waals surface area contributed by atoms with Gasteiger partial charge in [-0.15, -0.1) is 0 Å². The number of nitrogens with zero attached hydrogens (tertiary/aromatic N) is 9. The fraction of sp³-hybridized carbons (Fsp3) is 0.304. The van der Waals surface area contributed by atoms with Crippen LogP contribution in [0, 0.1) is 0 Å². The van der Waals surface area contributed by atoms with Crippen LogP contribution in [-0.4, -0.2) is 77.4 Å². The van der Waals surface area contributed by atoms with Crippen LogP contribution in [0.4, 0.5) is 23.5 Å². The molecule has 12 heteroatoms. The van der Waals surface area contributed by atoms with Crippen LogP contribution in [0.25, 0.3) is 0 Å². The Morgan fingerprint density at radius 2 is 1.54 bits per heavy atom. The van der Waals surface area contributed by atoms with E-state index in [0.29, 0.717) is 17.6 Å². The molecule has 5 rings (SSSR count). The van der Waals surface area contributed by atoms with Crippen molar-refractivity contribution in [2.24, 2.45) is 0 Å². The van der Waals surface area contributed by atoms with Crippen molar-refractivity contribution in [3.63, 3.8) is 0 Å². The zero-order chi connectivity index (χ0) is 24.0. The molecule has 1 saturated heterocycles. The molecule has 3 N–H and O–H groups in total. The van der Waals surface area contributed by atoms with Gasteiger partial charge in [0.2, 0.25) is 17.8 Å². The van der Waals surface area contributed by atoms with Gasteiger partial charge in [-0.1, -0.05) is 30.3 Å². The van der Waals surface area contributed by atoms with E-state index in [-0.39, 0.29) is 6.54 Å². The van der Waals surface area contributed by atoms with Crippen molar-refractivity contribution in [2.75, 3.05) is 41.3 Å². The highest BCUT2D eigenvalue weighted by Crippen LogP contribution is 2.18. The van der Waals surface area contributed by atoms with Crippen LogP contribution in [0.5, 0.6) is 0 Å². The number of benzene rings is 1. The number of piperazine rings is 1. The third-order valence-electron chi connectivity index (χ3n) is 5.59. The second kappa shape index (κ2) is 10.4. The smallest absolute Gasteiger partial charge is 0.232 e. The van der Waals surface area contributed by atoms with Gasteiger partial charge in [0.05, 0.1) is 18.4 Å². The Hall–Kier alpha value is -4.16. The van der Waals surface area contributed by atoms with Gasteiger partial charge in [-0.05, 0) is 11.1 Å². The number of nitrogens with one attached hydrogen (secondary N) is 1. The van der Waals surface area contributed by atoms with E-state index in [1.807, 2.05) is 30.6 Å². The summed E-state index contributed by atoms with van der Waals surface area (Å²) in [6.45, 7) is 2.94. The Morgan fingerprint density at radius 1 is 0.829 bits per heavy atom. The summed E-state index contributed by atoms with van der Waals surface area (Å²) in [6.07, 6.45) is 7.82. The lowest BCUT2D eigenvalue weighted by molar-refractivity contribution is -0.0534. The number of hydrogen-bond donors (Lipinski definition) is 3. The topological polar surface area (TPSA) is 141 Å². The van der Waals surface area contributed by atoms with Crippen molar-refractivity contribution in [1.82, 2.24) is 34.7 Å². The van der Waals surface area contributed by atoms with Gasteiger partial charge >= 0.3 is 0 Å². The molecule has 0 bridgehead atoms. The van der Waals surface area contributed by atoms with Gasteiger partial charge in [0.1, 0.15) is 6.33 Å². The van der Waals surface area contributed by atoms with Gasteiger partial charge in [-0.25, -0.2) is 19.9 Å². The minimum atomic E-state index is -1.47. The van der Waals surface area contributed by atoms with Crippen molar-refractivity contribution in [2.45, 2.75) is 19.3 Å². The molecule has 0 atom stereocenters. The molecule has 1 aliphatic rings. The molecule has 180 valence electrons. The van der Waals surface area contributed by atoms with Crippen LogP contribution in [0.15, 0.2) is 61.4 Å². The molecule has 0 amide bonds. The highest BCUT2D eigenvalue weighted by Gasteiger charge is 2.21. The molecule has 0 spiro atoms. The molecular weight excluding hydrogens is 448 g/mol. The molecule has 4 heterocycles. The van der Waals surface area contributed by atoms with E-state index >= 15 is 0 Å². The largest absolute Gasteiger partial charge is 0.367 e. The number of hydrogen-bond acceptors (Lipinski definition) is 11. The van der Waals surface area contributed by atoms with E-state index in [4.69, 9.17) is 10.2 Å². The average molecular weight is 475 g/mol. The lowest BCUT2D eigenvalue weighted by Gasteiger charge is -2.34. The summed E-state index contributed by atoms with van der Waals surface area (Å²) in [5, 5.41) is 25.3. The third kappa shape index (κ3) is 5.86. The standard InChI is InChI=1S/C23H26N10O2/c34-20(35)15-33-14-19(13-28-33)29-21-26-16-27-23(30-21)32-8-6-31(7-9-32)22-24-11-18(12-25-22)10-17-4-2-1-3-5-17/h1-5,11-14,16,20,34-35H,6-10,15H2,(H,26,27,29,30). The molecule has 0 saturated carbocycles. The predicted octanol–water partition coefficient (Wildman–Crippen LogP) is 0.830. The summed E-state index contributed by atoms with van der Waals surface area (Å²) in [5.41, 5.74) is 2.96. The molecule has 35 heavy (non-hydrogen) atoms. The molecule has 1 fully saturated rings. The number of rotatable bonds is 8. The van der Waals surface area contributed by atoms with E-state index in [2.05, 4.69) is 57.3 Å². The van der Waals surface area contributed by atoms with E-state index in [0.717, 1.165) is 44.1 Å². The van der Waals surface area contributed by atoms with Crippen LogP contribution in [0.3, 0.4) is 0 Å². The fourth-order valence-corrected chi connectivity index (χ4v) is 3.87. The first-order valence-corrected chi connectivity index (χ1v) is 11.3. The second-order valence-corrected chi connectivity index (χ2v) is 8.19. The minimum absolute atomic E-state index is 0.0200. The normalized spacial score (nSPS) is 13.9. The lowest BCUT2D eigenvalue weighted by atomic mass is 10.1. The summed E-state index contributed by atoms with van der Waals surface area (Å²) in [5.74, 6) is 1.70. The maximum atomic E-state index is 9.07. The van der Waals surface area contributed by atoms with Crippen molar-refractivity contribution in [3.8, 4) is 0 Å². The number of anilines is 4. The first-order chi connectivity index (χ1) is 17.1. The van der Waals surface area contributed by atoms with Crippen LogP contribution in [-0.2, 0) is 13.0 Å². The van der Waals surface area contributed by atoms with E-state index in [1.54, 1.807) is 12.4 Å². The van der Waals surface area contributed by atoms with Crippen molar-refractivity contribution >= 4 is 23.5 Å². The fourth-order valence-electron chi connectivity index (χ4n) is 3.87. The van der Waals surface area contributed by atoms with Crippen LogP contribution < -0.4 is 15.1 Å². The molecule has 0 unspecified atom stereocenters. The van der Waals surface area contributed by atoms with E-state index in [1.165, 1.54) is 16.6 Å². The average Bonchev–Trinajstić information content (AvgIpc) is 3.31. The molecular formula is C23H26N10O2. The Morgan fingerprint density at radius 3 is 2.26 bits per heavy atom. The highest BCUT2D eigenvalue weighted by atomic mass is 16.5. The Labute approximate surface area is 202 Å². The van der Waals surface area contributed by atoms with Crippen molar-refractivity contribution < 1.29 is 10.2 Å². The Balaban J connectivity index is 1.16. The molecule has 0 radical (unpaired) electrons. The third-order valence-corrected chi connectivity index (χ3v) is 5.59. The van der Waals surface area contributed by atoms with Gasteiger partial charge in [0, 0.05) is 51.2 Å². The van der Waals surface area contributed by atoms with Gasteiger partial charge in [0.15, 0.2) is 6.29 Å². The van der Waals surface area contributed by atoms with Gasteiger partial charge in [0.25, 0.3) is 0 Å². The SMILES string of the molecule is OC(O)Cn1cc(Nc2ncnc(N3CCN(c4ncc(Cc5ccccc5)cn4)CC3)n2)cn1. The van der Waals surface area contributed by atoms with Crippen molar-refractivity contribution in [3.05, 3.63) is 72.6 Å². The van der Waals surface area contributed by atoms with Crippen molar-refractivity contribution in [1.29, 1.82) is 0 Å². The first kappa shape index (κ1) is 22.6. The summed E-state index contributed by atoms with van der Waals surface area (Å²) < 4.78 is 1.42. The van der Waals surface area contributed by atoms with Crippen LogP contribution >= 0.6 is 0 Å². The molecule has 3 aromatic heterocycles. The number of aliphatic hydroxyl groups is 2. The van der Waals surface area contributed by atoms with Gasteiger partial charge in [-0.3, -0.25) is 4.68 Å². The predicted molar refractivity (Wildman–Crippen MR) is 129 cm³/mol. The summed E-state index contributed by atoms with van der Waals surface area (Å²) in [4.78, 5) is 26.4. The first-order valence-electron chi connectivity index (χ1n) is 11.3. The monoisotopic (exact) mass is 474 g/mol. The lowest BCUT2D eigenvalue weighted by Crippen LogP contribution is -2.47. The molecule has 1 aromatic carbocycles. The molecule has 1 aliphatic heterocycles. The molecule has 12 nitrogen and oxygen atoms in total. The summed E-state index contributed by atoms with van der Waals surface area (Å²) >= 11 is 0. The van der Waals surface area contributed by atoms with E-state index < -0.39 is 6.29 Å². The maximum Gasteiger partial charge on any atom is 0.232 e. The van der Waals surface area contributed by atoms with Crippen LogP contribution in [0.1, 0.15) is 11.1 Å².